The number of unbranched alkanes of at least 4 members (excludes halogenated alkanes) is 1. The SMILES string of the molecule is O=C(O)CCCCC(=O)NCc1ccc([C@@H]2O[C@H](CSc3ncn[nH]3)C[C@H](c3ccc(CO)cc3)O2)cc1. The predicted molar refractivity (Wildman–Crippen MR) is 140 cm³/mol. The highest BCUT2D eigenvalue weighted by Crippen LogP contribution is 2.39. The van der Waals surface area contributed by atoms with Crippen LogP contribution in [0.25, 0.3) is 0 Å². The molecule has 0 unspecified atom stereocenters. The van der Waals surface area contributed by atoms with E-state index in [4.69, 9.17) is 14.6 Å². The second kappa shape index (κ2) is 14.1. The van der Waals surface area contributed by atoms with E-state index in [9.17, 15) is 14.7 Å². The molecule has 1 aliphatic rings. The number of ether oxygens (including phenoxy) is 2. The molecule has 38 heavy (non-hydrogen) atoms. The lowest BCUT2D eigenvalue weighted by Crippen LogP contribution is -2.31. The van der Waals surface area contributed by atoms with Gasteiger partial charge in [0.25, 0.3) is 0 Å². The zero-order valence-corrected chi connectivity index (χ0v) is 21.7. The molecule has 1 amide bonds. The van der Waals surface area contributed by atoms with Crippen molar-refractivity contribution in [1.29, 1.82) is 0 Å². The fraction of sp³-hybridized carbons (Fsp3) is 0.407. The highest BCUT2D eigenvalue weighted by atomic mass is 32.2. The van der Waals surface area contributed by atoms with Crippen molar-refractivity contribution in [2.24, 2.45) is 0 Å². The molecule has 0 saturated carbocycles. The van der Waals surface area contributed by atoms with Crippen LogP contribution in [-0.2, 0) is 32.2 Å². The lowest BCUT2D eigenvalue weighted by molar-refractivity contribution is -0.245. The summed E-state index contributed by atoms with van der Waals surface area (Å²) in [6.07, 6.45) is 2.74. The molecule has 11 heteroatoms. The predicted octanol–water partition coefficient (Wildman–Crippen LogP) is 3.90. The van der Waals surface area contributed by atoms with Gasteiger partial charge < -0.3 is 25.0 Å². The number of carbonyl (C=O) groups excluding carboxylic acids is 1. The molecule has 0 radical (unpaired) electrons. The standard InChI is InChI=1S/C27H32N4O6S/c32-15-19-7-9-20(10-8-19)23-13-22(16-38-27-29-17-30-31-27)36-26(37-23)21-11-5-18(6-12-21)14-28-24(33)3-1-2-4-25(34)35/h5-12,17,22-23,26,32H,1-4,13-16H2,(H,28,33)(H,34,35)(H,29,30,31)/t22-,23+,26+/m0/s1. The van der Waals surface area contributed by atoms with Gasteiger partial charge in [0.1, 0.15) is 6.33 Å². The van der Waals surface area contributed by atoms with Crippen molar-refractivity contribution >= 4 is 23.6 Å². The molecule has 4 N–H and O–H groups in total. The number of carbonyl (C=O) groups is 2. The van der Waals surface area contributed by atoms with Gasteiger partial charge >= 0.3 is 5.97 Å². The molecule has 3 aromatic rings. The normalized spacial score (nSPS) is 19.2. The summed E-state index contributed by atoms with van der Waals surface area (Å²) in [6, 6.07) is 15.5. The molecule has 0 spiro atoms. The highest BCUT2D eigenvalue weighted by molar-refractivity contribution is 7.99. The second-order valence-electron chi connectivity index (χ2n) is 9.07. The minimum absolute atomic E-state index is 0.00842. The van der Waals surface area contributed by atoms with Gasteiger partial charge in [0, 0.05) is 37.1 Å². The molecule has 0 aliphatic carbocycles. The fourth-order valence-electron chi connectivity index (χ4n) is 4.10. The number of nitrogens with one attached hydrogen (secondary N) is 2. The zero-order valence-electron chi connectivity index (χ0n) is 20.9. The van der Waals surface area contributed by atoms with Crippen LogP contribution < -0.4 is 5.32 Å². The Bertz CT molecular complexity index is 1160. The largest absolute Gasteiger partial charge is 0.481 e. The van der Waals surface area contributed by atoms with E-state index in [1.54, 1.807) is 11.8 Å². The number of thioether (sulfide) groups is 1. The Kier molecular flexibility index (Phi) is 10.3. The van der Waals surface area contributed by atoms with Crippen LogP contribution in [0.1, 0.15) is 66.8 Å². The third-order valence-corrected chi connectivity index (χ3v) is 7.21. The number of H-pyrrole nitrogens is 1. The van der Waals surface area contributed by atoms with Crippen molar-refractivity contribution in [1.82, 2.24) is 20.5 Å². The highest BCUT2D eigenvalue weighted by Gasteiger charge is 2.32. The van der Waals surface area contributed by atoms with Crippen LogP contribution in [0.5, 0.6) is 0 Å². The van der Waals surface area contributed by atoms with Crippen LogP contribution in [0.2, 0.25) is 0 Å². The molecule has 0 bridgehead atoms. The number of aromatic amines is 1. The van der Waals surface area contributed by atoms with Crippen LogP contribution in [-0.4, -0.2) is 49.1 Å². The molecule has 2 heterocycles. The summed E-state index contributed by atoms with van der Waals surface area (Å²) in [5, 5.41) is 28.4. The number of carboxylic acid groups (broad SMARTS) is 1. The Labute approximate surface area is 225 Å². The van der Waals surface area contributed by atoms with E-state index in [-0.39, 0.29) is 31.1 Å². The van der Waals surface area contributed by atoms with E-state index >= 15 is 0 Å². The molecule has 1 aromatic heterocycles. The Morgan fingerprint density at radius 1 is 1.00 bits per heavy atom. The summed E-state index contributed by atoms with van der Waals surface area (Å²) in [4.78, 5) is 26.8. The number of carboxylic acids is 1. The molecule has 202 valence electrons. The lowest BCUT2D eigenvalue weighted by Gasteiger charge is -2.36. The molecular formula is C27H32N4O6S. The number of aliphatic carboxylic acids is 1. The summed E-state index contributed by atoms with van der Waals surface area (Å²) in [5.74, 6) is -0.264. The Hall–Kier alpha value is -3.25. The van der Waals surface area contributed by atoms with E-state index in [1.165, 1.54) is 6.33 Å². The monoisotopic (exact) mass is 540 g/mol. The molecule has 2 aromatic carbocycles. The number of aliphatic hydroxyl groups excluding tert-OH is 1. The van der Waals surface area contributed by atoms with Gasteiger partial charge in [-0.3, -0.25) is 14.7 Å². The second-order valence-corrected chi connectivity index (χ2v) is 10.1. The van der Waals surface area contributed by atoms with Gasteiger partial charge in [-0.1, -0.05) is 60.3 Å². The fourth-order valence-corrected chi connectivity index (χ4v) is 4.90. The van der Waals surface area contributed by atoms with Crippen LogP contribution in [0, 0.1) is 0 Å². The van der Waals surface area contributed by atoms with Gasteiger partial charge in [-0.25, -0.2) is 4.98 Å². The van der Waals surface area contributed by atoms with Crippen molar-refractivity contribution < 1.29 is 29.3 Å². The van der Waals surface area contributed by atoms with Gasteiger partial charge in [-0.2, -0.15) is 5.10 Å². The molecule has 1 fully saturated rings. The summed E-state index contributed by atoms with van der Waals surface area (Å²) < 4.78 is 12.7. The molecule has 3 atom stereocenters. The van der Waals surface area contributed by atoms with E-state index in [0.29, 0.717) is 38.0 Å². The first-order valence-electron chi connectivity index (χ1n) is 12.6. The van der Waals surface area contributed by atoms with Crippen LogP contribution in [0.3, 0.4) is 0 Å². The summed E-state index contributed by atoms with van der Waals surface area (Å²) in [6.45, 7) is 0.381. The van der Waals surface area contributed by atoms with E-state index in [0.717, 1.165) is 27.4 Å². The van der Waals surface area contributed by atoms with Gasteiger partial charge in [0.05, 0.1) is 18.8 Å². The number of rotatable bonds is 13. The first-order valence-corrected chi connectivity index (χ1v) is 13.5. The van der Waals surface area contributed by atoms with E-state index < -0.39 is 12.3 Å². The number of hydrogen-bond acceptors (Lipinski definition) is 8. The van der Waals surface area contributed by atoms with Crippen molar-refractivity contribution in [2.45, 2.75) is 68.9 Å². The summed E-state index contributed by atoms with van der Waals surface area (Å²) >= 11 is 1.54. The quantitative estimate of drug-likeness (QED) is 0.187. The van der Waals surface area contributed by atoms with Crippen molar-refractivity contribution in [3.63, 3.8) is 0 Å². The Balaban J connectivity index is 1.36. The zero-order chi connectivity index (χ0) is 26.7. The number of aromatic nitrogens is 3. The maximum absolute atomic E-state index is 12.0. The Morgan fingerprint density at radius 3 is 2.39 bits per heavy atom. The molecule has 1 saturated heterocycles. The van der Waals surface area contributed by atoms with Gasteiger partial charge in [-0.15, -0.1) is 0 Å². The number of amides is 1. The van der Waals surface area contributed by atoms with Gasteiger partial charge in [-0.05, 0) is 29.5 Å². The van der Waals surface area contributed by atoms with Crippen molar-refractivity contribution in [3.05, 3.63) is 77.1 Å². The number of nitrogens with zero attached hydrogens (tertiary/aromatic N) is 2. The van der Waals surface area contributed by atoms with Crippen LogP contribution in [0.4, 0.5) is 0 Å². The first kappa shape index (κ1) is 27.8. The average Bonchev–Trinajstić information content (AvgIpc) is 3.47. The maximum Gasteiger partial charge on any atom is 0.303 e. The number of hydrogen-bond donors (Lipinski definition) is 4. The van der Waals surface area contributed by atoms with Gasteiger partial charge in [0.2, 0.25) is 5.91 Å². The average molecular weight is 541 g/mol. The van der Waals surface area contributed by atoms with E-state index in [1.807, 2.05) is 48.5 Å². The first-order chi connectivity index (χ1) is 18.5. The molecule has 1 aliphatic heterocycles. The third-order valence-electron chi connectivity index (χ3n) is 6.20. The minimum atomic E-state index is -0.845. The van der Waals surface area contributed by atoms with Crippen molar-refractivity contribution in [2.75, 3.05) is 5.75 Å². The maximum atomic E-state index is 12.0. The molecule has 10 nitrogen and oxygen atoms in total. The van der Waals surface area contributed by atoms with Crippen molar-refractivity contribution in [3.8, 4) is 0 Å². The van der Waals surface area contributed by atoms with Gasteiger partial charge in [0.15, 0.2) is 11.4 Å². The number of aliphatic hydroxyl groups is 1. The van der Waals surface area contributed by atoms with Crippen LogP contribution >= 0.6 is 11.8 Å². The van der Waals surface area contributed by atoms with E-state index in [2.05, 4.69) is 20.5 Å². The molecular weight excluding hydrogens is 508 g/mol. The number of benzene rings is 2. The molecule has 4 rings (SSSR count). The minimum Gasteiger partial charge on any atom is -0.481 e. The third kappa shape index (κ3) is 8.38. The Morgan fingerprint density at radius 2 is 1.71 bits per heavy atom. The topological polar surface area (TPSA) is 147 Å². The smallest absolute Gasteiger partial charge is 0.303 e. The summed E-state index contributed by atoms with van der Waals surface area (Å²) in [7, 11) is 0. The van der Waals surface area contributed by atoms with Crippen LogP contribution in [0.15, 0.2) is 60.0 Å². The summed E-state index contributed by atoms with van der Waals surface area (Å²) in [5.41, 5.74) is 3.68. The lowest BCUT2D eigenvalue weighted by atomic mass is 10.0.